The van der Waals surface area contributed by atoms with Crippen LogP contribution in [0.15, 0.2) is 42.7 Å². The molecule has 1 spiro atoms. The number of hydrogen-bond acceptors (Lipinski definition) is 4. The van der Waals surface area contributed by atoms with Crippen LogP contribution < -0.4 is 0 Å². The monoisotopic (exact) mass is 392 g/mol. The molecule has 0 unspecified atom stereocenters. The van der Waals surface area contributed by atoms with Gasteiger partial charge in [-0.05, 0) is 49.8 Å². The lowest BCUT2D eigenvalue weighted by molar-refractivity contribution is -0.139. The van der Waals surface area contributed by atoms with E-state index in [1.165, 1.54) is 24.0 Å². The molecule has 0 atom stereocenters. The van der Waals surface area contributed by atoms with Gasteiger partial charge in [-0.1, -0.05) is 37.3 Å². The molecule has 2 aliphatic heterocycles. The molecule has 1 amide bonds. The molecule has 29 heavy (non-hydrogen) atoms. The van der Waals surface area contributed by atoms with Gasteiger partial charge in [0.2, 0.25) is 5.91 Å². The number of benzene rings is 1. The molecular weight excluding hydrogens is 360 g/mol. The van der Waals surface area contributed by atoms with Gasteiger partial charge in [-0.2, -0.15) is 0 Å². The molecule has 2 aliphatic rings. The summed E-state index contributed by atoms with van der Waals surface area (Å²) in [5.41, 5.74) is 2.82. The van der Waals surface area contributed by atoms with Crippen molar-refractivity contribution in [3.8, 4) is 0 Å². The van der Waals surface area contributed by atoms with Gasteiger partial charge in [0.25, 0.3) is 0 Å². The summed E-state index contributed by atoms with van der Waals surface area (Å²) in [5, 5.41) is 0. The first kappa shape index (κ1) is 20.0. The van der Waals surface area contributed by atoms with Gasteiger partial charge in [0.15, 0.2) is 0 Å². The SMILES string of the molecule is CCc1ncc(CN2CCC3(CCC(=O)N(CCc4ccccc4)C3)CC2)cn1. The second-order valence-electron chi connectivity index (χ2n) is 8.69. The molecule has 1 aromatic carbocycles. The lowest BCUT2D eigenvalue weighted by Crippen LogP contribution is -2.51. The minimum atomic E-state index is 0.309. The maximum absolute atomic E-state index is 12.5. The third kappa shape index (κ3) is 5.02. The topological polar surface area (TPSA) is 49.3 Å². The first-order valence-corrected chi connectivity index (χ1v) is 11.0. The molecule has 2 aromatic rings. The number of piperidine rings is 2. The Morgan fingerprint density at radius 3 is 2.41 bits per heavy atom. The zero-order valence-corrected chi connectivity index (χ0v) is 17.5. The molecule has 0 saturated carbocycles. The van der Waals surface area contributed by atoms with E-state index in [1.807, 2.05) is 18.5 Å². The molecular formula is C24H32N4O. The minimum Gasteiger partial charge on any atom is -0.342 e. The van der Waals surface area contributed by atoms with Crippen LogP contribution in [0.1, 0.15) is 49.6 Å². The quantitative estimate of drug-likeness (QED) is 0.755. The average molecular weight is 393 g/mol. The molecule has 1 aromatic heterocycles. The zero-order chi connectivity index (χ0) is 20.1. The molecule has 5 heteroatoms. The predicted octanol–water partition coefficient (Wildman–Crippen LogP) is 3.49. The Bertz CT molecular complexity index is 797. The van der Waals surface area contributed by atoms with Crippen molar-refractivity contribution >= 4 is 5.91 Å². The van der Waals surface area contributed by atoms with Crippen LogP contribution in [0.25, 0.3) is 0 Å². The Labute approximate surface area is 174 Å². The van der Waals surface area contributed by atoms with Gasteiger partial charge in [0.05, 0.1) is 0 Å². The second-order valence-corrected chi connectivity index (χ2v) is 8.69. The summed E-state index contributed by atoms with van der Waals surface area (Å²) in [6.07, 6.45) is 9.89. The number of amides is 1. The van der Waals surface area contributed by atoms with E-state index in [9.17, 15) is 4.79 Å². The number of rotatable bonds is 6. The lowest BCUT2D eigenvalue weighted by atomic mass is 9.72. The predicted molar refractivity (Wildman–Crippen MR) is 114 cm³/mol. The van der Waals surface area contributed by atoms with Crippen LogP contribution in [0.3, 0.4) is 0 Å². The van der Waals surface area contributed by atoms with Gasteiger partial charge < -0.3 is 4.90 Å². The van der Waals surface area contributed by atoms with E-state index in [0.29, 0.717) is 17.7 Å². The van der Waals surface area contributed by atoms with Crippen LogP contribution in [-0.2, 0) is 24.2 Å². The summed E-state index contributed by atoms with van der Waals surface area (Å²) >= 11 is 0. The summed E-state index contributed by atoms with van der Waals surface area (Å²) in [6.45, 7) is 6.97. The number of carbonyl (C=O) groups is 1. The van der Waals surface area contributed by atoms with E-state index in [0.717, 1.165) is 57.8 Å². The van der Waals surface area contributed by atoms with Crippen LogP contribution in [-0.4, -0.2) is 51.9 Å². The summed E-state index contributed by atoms with van der Waals surface area (Å²) < 4.78 is 0. The van der Waals surface area contributed by atoms with E-state index in [1.54, 1.807) is 0 Å². The van der Waals surface area contributed by atoms with Crippen LogP contribution in [0.4, 0.5) is 0 Å². The fourth-order valence-electron chi connectivity index (χ4n) is 4.71. The van der Waals surface area contributed by atoms with E-state index in [4.69, 9.17) is 0 Å². The number of likely N-dealkylation sites (tertiary alicyclic amines) is 2. The van der Waals surface area contributed by atoms with E-state index in [2.05, 4.69) is 51.0 Å². The van der Waals surface area contributed by atoms with Gasteiger partial charge in [0, 0.05) is 50.4 Å². The highest BCUT2D eigenvalue weighted by molar-refractivity contribution is 5.77. The summed E-state index contributed by atoms with van der Waals surface area (Å²) in [5.74, 6) is 1.25. The third-order valence-corrected chi connectivity index (χ3v) is 6.66. The molecule has 4 rings (SSSR count). The molecule has 3 heterocycles. The summed E-state index contributed by atoms with van der Waals surface area (Å²) in [4.78, 5) is 26.0. The van der Waals surface area contributed by atoms with Crippen LogP contribution >= 0.6 is 0 Å². The van der Waals surface area contributed by atoms with Crippen LogP contribution in [0.2, 0.25) is 0 Å². The van der Waals surface area contributed by atoms with Gasteiger partial charge in [-0.25, -0.2) is 9.97 Å². The molecule has 5 nitrogen and oxygen atoms in total. The average Bonchev–Trinajstić information content (AvgIpc) is 2.77. The number of nitrogens with zero attached hydrogens (tertiary/aromatic N) is 4. The zero-order valence-electron chi connectivity index (χ0n) is 17.5. The Morgan fingerprint density at radius 2 is 1.72 bits per heavy atom. The Hall–Kier alpha value is -2.27. The summed E-state index contributed by atoms with van der Waals surface area (Å²) in [7, 11) is 0. The highest BCUT2D eigenvalue weighted by Gasteiger charge is 2.40. The maximum Gasteiger partial charge on any atom is 0.222 e. The Kier molecular flexibility index (Phi) is 6.24. The van der Waals surface area contributed by atoms with Gasteiger partial charge in [0.1, 0.15) is 5.82 Å². The van der Waals surface area contributed by atoms with Crippen molar-refractivity contribution < 1.29 is 4.79 Å². The van der Waals surface area contributed by atoms with Crippen molar-refractivity contribution in [1.82, 2.24) is 19.8 Å². The van der Waals surface area contributed by atoms with E-state index in [-0.39, 0.29) is 0 Å². The van der Waals surface area contributed by atoms with Crippen LogP contribution in [0.5, 0.6) is 0 Å². The number of aryl methyl sites for hydroxylation is 1. The van der Waals surface area contributed by atoms with E-state index < -0.39 is 0 Å². The summed E-state index contributed by atoms with van der Waals surface area (Å²) in [6, 6.07) is 10.5. The van der Waals surface area contributed by atoms with Crippen molar-refractivity contribution in [2.24, 2.45) is 5.41 Å². The van der Waals surface area contributed by atoms with Crippen molar-refractivity contribution in [3.63, 3.8) is 0 Å². The molecule has 0 bridgehead atoms. The maximum atomic E-state index is 12.5. The van der Waals surface area contributed by atoms with Crippen molar-refractivity contribution in [3.05, 3.63) is 59.7 Å². The number of carbonyl (C=O) groups excluding carboxylic acids is 1. The van der Waals surface area contributed by atoms with Gasteiger partial charge in [-0.15, -0.1) is 0 Å². The Morgan fingerprint density at radius 1 is 1.00 bits per heavy atom. The molecule has 0 aliphatic carbocycles. The molecule has 0 N–H and O–H groups in total. The fourth-order valence-corrected chi connectivity index (χ4v) is 4.71. The smallest absolute Gasteiger partial charge is 0.222 e. The lowest BCUT2D eigenvalue weighted by Gasteiger charge is -2.47. The second kappa shape index (κ2) is 9.04. The molecule has 154 valence electrons. The largest absolute Gasteiger partial charge is 0.342 e. The molecule has 2 fully saturated rings. The van der Waals surface area contributed by atoms with Crippen molar-refractivity contribution in [2.75, 3.05) is 26.2 Å². The highest BCUT2D eigenvalue weighted by atomic mass is 16.2. The fraction of sp³-hybridized carbons (Fsp3) is 0.542. The van der Waals surface area contributed by atoms with Crippen molar-refractivity contribution in [2.45, 2.75) is 52.0 Å². The van der Waals surface area contributed by atoms with E-state index >= 15 is 0 Å². The number of hydrogen-bond donors (Lipinski definition) is 0. The van der Waals surface area contributed by atoms with Gasteiger partial charge in [-0.3, -0.25) is 9.69 Å². The first-order chi connectivity index (χ1) is 14.2. The first-order valence-electron chi connectivity index (χ1n) is 11.0. The highest BCUT2D eigenvalue weighted by Crippen LogP contribution is 2.40. The Balaban J connectivity index is 1.30. The number of aromatic nitrogens is 2. The van der Waals surface area contributed by atoms with Crippen LogP contribution in [0, 0.1) is 5.41 Å². The third-order valence-electron chi connectivity index (χ3n) is 6.66. The molecule has 0 radical (unpaired) electrons. The van der Waals surface area contributed by atoms with Gasteiger partial charge >= 0.3 is 0 Å². The van der Waals surface area contributed by atoms with Crippen molar-refractivity contribution in [1.29, 1.82) is 0 Å². The molecule has 2 saturated heterocycles. The standard InChI is InChI=1S/C24H32N4O/c1-2-22-25-16-21(17-26-22)18-27-14-11-24(12-15-27)10-8-23(29)28(19-24)13-9-20-6-4-3-5-7-20/h3-7,16-17H,2,8-15,18-19H2,1H3. The normalized spacial score (nSPS) is 19.6. The minimum absolute atomic E-state index is 0.309.